The lowest BCUT2D eigenvalue weighted by atomic mass is 10.1. The zero-order valence-electron chi connectivity index (χ0n) is 15.5. The molecule has 0 aliphatic rings. The van der Waals surface area contributed by atoms with Crippen molar-refractivity contribution >= 4 is 5.91 Å². The molecule has 0 aromatic rings. The number of amides is 1. The summed E-state index contributed by atoms with van der Waals surface area (Å²) >= 11 is 0. The van der Waals surface area contributed by atoms with Crippen LogP contribution < -0.4 is 16.4 Å². The monoisotopic (exact) mass is 327 g/mol. The molecule has 0 unspecified atom stereocenters. The molecule has 0 atom stereocenters. The van der Waals surface area contributed by atoms with Crippen molar-refractivity contribution in [2.75, 3.05) is 26.2 Å². The highest BCUT2D eigenvalue weighted by Crippen LogP contribution is 2.10. The van der Waals surface area contributed by atoms with Crippen LogP contribution in [0.2, 0.25) is 0 Å². The van der Waals surface area contributed by atoms with E-state index in [-0.39, 0.29) is 5.91 Å². The van der Waals surface area contributed by atoms with Gasteiger partial charge in [-0.25, -0.2) is 0 Å². The van der Waals surface area contributed by atoms with Gasteiger partial charge >= 0.3 is 0 Å². The SMILES string of the molecule is CCCCCCCCCCCC(=O)NCCCNCCCCN. The maximum absolute atomic E-state index is 11.7. The quantitative estimate of drug-likeness (QED) is 0.336. The summed E-state index contributed by atoms with van der Waals surface area (Å²) in [7, 11) is 0. The number of nitrogens with two attached hydrogens (primary N) is 1. The van der Waals surface area contributed by atoms with E-state index in [1.165, 1.54) is 51.4 Å². The number of unbranched alkanes of at least 4 members (excludes halogenated alkanes) is 9. The van der Waals surface area contributed by atoms with Crippen molar-refractivity contribution in [3.8, 4) is 0 Å². The Kier molecular flexibility index (Phi) is 18.9. The molecule has 4 N–H and O–H groups in total. The van der Waals surface area contributed by atoms with Crippen LogP contribution in [0.1, 0.15) is 90.4 Å². The van der Waals surface area contributed by atoms with E-state index in [0.29, 0.717) is 6.42 Å². The van der Waals surface area contributed by atoms with E-state index in [4.69, 9.17) is 5.73 Å². The molecular formula is C19H41N3O. The molecule has 0 bridgehead atoms. The molecule has 0 saturated carbocycles. The zero-order chi connectivity index (χ0) is 17.0. The van der Waals surface area contributed by atoms with Gasteiger partial charge in [0.25, 0.3) is 0 Å². The van der Waals surface area contributed by atoms with Crippen LogP contribution in [0, 0.1) is 0 Å². The smallest absolute Gasteiger partial charge is 0.219 e. The number of carbonyl (C=O) groups excluding carboxylic acids is 1. The van der Waals surface area contributed by atoms with E-state index in [2.05, 4.69) is 17.6 Å². The minimum Gasteiger partial charge on any atom is -0.356 e. The molecule has 0 aromatic carbocycles. The molecule has 1 amide bonds. The zero-order valence-corrected chi connectivity index (χ0v) is 15.5. The van der Waals surface area contributed by atoms with Crippen molar-refractivity contribution in [3.05, 3.63) is 0 Å². The van der Waals surface area contributed by atoms with Crippen LogP contribution in [0.5, 0.6) is 0 Å². The number of rotatable bonds is 18. The average Bonchev–Trinajstić information content (AvgIpc) is 2.56. The maximum Gasteiger partial charge on any atom is 0.219 e. The van der Waals surface area contributed by atoms with Crippen LogP contribution in [-0.4, -0.2) is 32.1 Å². The Hall–Kier alpha value is -0.610. The lowest BCUT2D eigenvalue weighted by Gasteiger charge is -2.06. The summed E-state index contributed by atoms with van der Waals surface area (Å²) in [5.74, 6) is 0.219. The van der Waals surface area contributed by atoms with Crippen molar-refractivity contribution in [3.63, 3.8) is 0 Å². The maximum atomic E-state index is 11.7. The molecule has 0 fully saturated rings. The molecular weight excluding hydrogens is 286 g/mol. The summed E-state index contributed by atoms with van der Waals surface area (Å²) in [5.41, 5.74) is 5.44. The molecule has 0 heterocycles. The summed E-state index contributed by atoms with van der Waals surface area (Å²) in [6.07, 6.45) is 15.6. The van der Waals surface area contributed by atoms with Gasteiger partial charge in [0.2, 0.25) is 5.91 Å². The van der Waals surface area contributed by atoms with Crippen molar-refractivity contribution in [1.29, 1.82) is 0 Å². The fourth-order valence-corrected chi connectivity index (χ4v) is 2.65. The number of carbonyl (C=O) groups is 1. The molecule has 4 nitrogen and oxygen atoms in total. The minimum absolute atomic E-state index is 0.219. The van der Waals surface area contributed by atoms with Crippen LogP contribution in [-0.2, 0) is 4.79 Å². The highest BCUT2D eigenvalue weighted by atomic mass is 16.1. The minimum atomic E-state index is 0.219. The standard InChI is InChI=1S/C19H41N3O/c1-2-3-4-5-6-7-8-9-10-14-19(23)22-18-13-17-21-16-12-11-15-20/h21H,2-18,20H2,1H3,(H,22,23). The lowest BCUT2D eigenvalue weighted by molar-refractivity contribution is -0.121. The Bertz CT molecular complexity index is 247. The van der Waals surface area contributed by atoms with Gasteiger partial charge in [0.05, 0.1) is 0 Å². The van der Waals surface area contributed by atoms with Crippen LogP contribution in [0.15, 0.2) is 0 Å². The summed E-state index contributed by atoms with van der Waals surface area (Å²) in [6, 6.07) is 0. The van der Waals surface area contributed by atoms with Crippen LogP contribution in [0.25, 0.3) is 0 Å². The first-order chi connectivity index (χ1) is 11.3. The van der Waals surface area contributed by atoms with Gasteiger partial charge in [-0.05, 0) is 45.3 Å². The van der Waals surface area contributed by atoms with E-state index in [9.17, 15) is 4.79 Å². The Balaban J connectivity index is 3.13. The highest BCUT2D eigenvalue weighted by Gasteiger charge is 2.00. The van der Waals surface area contributed by atoms with Gasteiger partial charge in [0, 0.05) is 13.0 Å². The largest absolute Gasteiger partial charge is 0.356 e. The third-order valence-electron chi connectivity index (χ3n) is 4.17. The fourth-order valence-electron chi connectivity index (χ4n) is 2.65. The lowest BCUT2D eigenvalue weighted by Crippen LogP contribution is -2.27. The summed E-state index contributed by atoms with van der Waals surface area (Å²) in [4.78, 5) is 11.7. The van der Waals surface area contributed by atoms with Gasteiger partial charge < -0.3 is 16.4 Å². The molecule has 0 spiro atoms. The van der Waals surface area contributed by atoms with Crippen molar-refractivity contribution in [2.45, 2.75) is 90.4 Å². The van der Waals surface area contributed by atoms with Gasteiger partial charge in [0.1, 0.15) is 0 Å². The van der Waals surface area contributed by atoms with Gasteiger partial charge in [-0.3, -0.25) is 4.79 Å². The summed E-state index contributed by atoms with van der Waals surface area (Å²) in [6.45, 7) is 5.83. The second kappa shape index (κ2) is 19.4. The number of nitrogens with one attached hydrogen (secondary N) is 2. The molecule has 0 radical (unpaired) electrons. The van der Waals surface area contributed by atoms with E-state index < -0.39 is 0 Å². The molecule has 4 heteroatoms. The molecule has 0 saturated heterocycles. The molecule has 0 aromatic heterocycles. The second-order valence-corrected chi connectivity index (χ2v) is 6.53. The van der Waals surface area contributed by atoms with Crippen LogP contribution >= 0.6 is 0 Å². The molecule has 0 rings (SSSR count). The number of hydrogen-bond donors (Lipinski definition) is 3. The fraction of sp³-hybridized carbons (Fsp3) is 0.947. The Morgan fingerprint density at radius 2 is 1.35 bits per heavy atom. The third-order valence-corrected chi connectivity index (χ3v) is 4.17. The van der Waals surface area contributed by atoms with Crippen LogP contribution in [0.4, 0.5) is 0 Å². The molecule has 138 valence electrons. The van der Waals surface area contributed by atoms with Crippen molar-refractivity contribution in [2.24, 2.45) is 5.73 Å². The van der Waals surface area contributed by atoms with Gasteiger partial charge in [-0.1, -0.05) is 58.3 Å². The topological polar surface area (TPSA) is 67.2 Å². The predicted octanol–water partition coefficient (Wildman–Crippen LogP) is 3.74. The molecule has 23 heavy (non-hydrogen) atoms. The highest BCUT2D eigenvalue weighted by molar-refractivity contribution is 5.75. The van der Waals surface area contributed by atoms with Gasteiger partial charge in [-0.2, -0.15) is 0 Å². The van der Waals surface area contributed by atoms with E-state index in [0.717, 1.165) is 51.9 Å². The number of hydrogen-bond acceptors (Lipinski definition) is 3. The molecule has 0 aliphatic heterocycles. The first kappa shape index (κ1) is 22.4. The summed E-state index contributed by atoms with van der Waals surface area (Å²) < 4.78 is 0. The van der Waals surface area contributed by atoms with E-state index in [1.807, 2.05) is 0 Å². The van der Waals surface area contributed by atoms with E-state index in [1.54, 1.807) is 0 Å². The van der Waals surface area contributed by atoms with E-state index >= 15 is 0 Å². The van der Waals surface area contributed by atoms with Crippen molar-refractivity contribution in [1.82, 2.24) is 10.6 Å². The van der Waals surface area contributed by atoms with Crippen molar-refractivity contribution < 1.29 is 4.79 Å². The Morgan fingerprint density at radius 3 is 2.00 bits per heavy atom. The van der Waals surface area contributed by atoms with Gasteiger partial charge in [0.15, 0.2) is 0 Å². The van der Waals surface area contributed by atoms with Crippen LogP contribution in [0.3, 0.4) is 0 Å². The normalized spacial score (nSPS) is 10.9. The molecule has 0 aliphatic carbocycles. The second-order valence-electron chi connectivity index (χ2n) is 6.53. The Morgan fingerprint density at radius 1 is 0.739 bits per heavy atom. The average molecular weight is 328 g/mol. The van der Waals surface area contributed by atoms with Gasteiger partial charge in [-0.15, -0.1) is 0 Å². The Labute approximate surface area is 144 Å². The summed E-state index contributed by atoms with van der Waals surface area (Å²) in [5, 5.41) is 6.38. The first-order valence-electron chi connectivity index (χ1n) is 9.98. The predicted molar refractivity (Wildman–Crippen MR) is 101 cm³/mol. The third kappa shape index (κ3) is 19.3. The first-order valence-corrected chi connectivity index (χ1v) is 9.98.